The molecule has 0 aromatic heterocycles. The van der Waals surface area contributed by atoms with Crippen LogP contribution >= 0.6 is 0 Å². The Morgan fingerprint density at radius 1 is 1.26 bits per heavy atom. The molecule has 0 atom stereocenters. The highest BCUT2D eigenvalue weighted by Gasteiger charge is 2.20. The molecule has 0 unspecified atom stereocenters. The van der Waals surface area contributed by atoms with Crippen molar-refractivity contribution in [1.29, 1.82) is 0 Å². The minimum absolute atomic E-state index is 0.0726. The van der Waals surface area contributed by atoms with Crippen LogP contribution in [0.25, 0.3) is 0 Å². The summed E-state index contributed by atoms with van der Waals surface area (Å²) in [6.07, 6.45) is 0.590. The summed E-state index contributed by atoms with van der Waals surface area (Å²) in [7, 11) is -3.66. The van der Waals surface area contributed by atoms with Crippen LogP contribution in [0.15, 0.2) is 29.2 Å². The van der Waals surface area contributed by atoms with E-state index >= 15 is 0 Å². The van der Waals surface area contributed by atoms with E-state index < -0.39 is 15.6 Å². The van der Waals surface area contributed by atoms with Gasteiger partial charge in [-0.15, -0.1) is 0 Å². The molecule has 0 saturated heterocycles. The molecule has 1 amide bonds. The van der Waals surface area contributed by atoms with Gasteiger partial charge in [0.2, 0.25) is 15.9 Å². The van der Waals surface area contributed by atoms with Gasteiger partial charge < -0.3 is 11.1 Å². The summed E-state index contributed by atoms with van der Waals surface area (Å²) in [5, 5.41) is 7.70. The van der Waals surface area contributed by atoms with Gasteiger partial charge in [0.25, 0.3) is 0 Å². The monoisotopic (exact) mass is 285 g/mol. The molecule has 0 heterocycles. The summed E-state index contributed by atoms with van der Waals surface area (Å²) in [6, 6.07) is 6.22. The Morgan fingerprint density at radius 2 is 1.79 bits per heavy atom. The summed E-state index contributed by atoms with van der Waals surface area (Å²) >= 11 is 0. The second-order valence-corrected chi connectivity index (χ2v) is 6.48. The molecular formula is C12H19N3O3S. The summed E-state index contributed by atoms with van der Waals surface area (Å²) in [5.74, 6) is -0.228. The van der Waals surface area contributed by atoms with Crippen LogP contribution in [0.3, 0.4) is 0 Å². The zero-order valence-electron chi connectivity index (χ0n) is 11.0. The van der Waals surface area contributed by atoms with Crippen molar-refractivity contribution in [3.63, 3.8) is 0 Å². The van der Waals surface area contributed by atoms with Crippen molar-refractivity contribution < 1.29 is 13.2 Å². The molecule has 106 valence electrons. The van der Waals surface area contributed by atoms with Crippen molar-refractivity contribution in [1.82, 2.24) is 5.32 Å². The fourth-order valence-electron chi connectivity index (χ4n) is 1.39. The summed E-state index contributed by atoms with van der Waals surface area (Å²) in [6.45, 7) is 3.70. The molecule has 0 aliphatic heterocycles. The highest BCUT2D eigenvalue weighted by molar-refractivity contribution is 7.89. The van der Waals surface area contributed by atoms with Crippen molar-refractivity contribution in [3.8, 4) is 0 Å². The van der Waals surface area contributed by atoms with Gasteiger partial charge in [0.1, 0.15) is 0 Å². The van der Waals surface area contributed by atoms with Crippen LogP contribution in [-0.2, 0) is 21.2 Å². The number of amides is 1. The molecular weight excluding hydrogens is 266 g/mol. The highest BCUT2D eigenvalue weighted by Crippen LogP contribution is 2.09. The van der Waals surface area contributed by atoms with E-state index in [1.54, 1.807) is 26.0 Å². The zero-order valence-corrected chi connectivity index (χ0v) is 11.8. The van der Waals surface area contributed by atoms with Crippen LogP contribution in [0.2, 0.25) is 0 Å². The third-order valence-corrected chi connectivity index (χ3v) is 3.47. The first-order chi connectivity index (χ1) is 8.60. The average molecular weight is 285 g/mol. The standard InChI is InChI=1S/C12H19N3O3S/c1-12(2,13)11(16)15-8-7-9-3-5-10(6-4-9)19(14,17)18/h3-6H,7-8,13H2,1-2H3,(H,15,16)(H2,14,17,18). The highest BCUT2D eigenvalue weighted by atomic mass is 32.2. The number of carbonyl (C=O) groups excluding carboxylic acids is 1. The molecule has 0 aliphatic carbocycles. The number of nitrogens with two attached hydrogens (primary N) is 2. The maximum atomic E-state index is 11.5. The van der Waals surface area contributed by atoms with Crippen LogP contribution in [-0.4, -0.2) is 26.4 Å². The molecule has 19 heavy (non-hydrogen) atoms. The lowest BCUT2D eigenvalue weighted by Crippen LogP contribution is -2.49. The van der Waals surface area contributed by atoms with Gasteiger partial charge in [-0.1, -0.05) is 12.1 Å². The Hall–Kier alpha value is -1.44. The Kier molecular flexibility index (Phi) is 4.67. The molecule has 0 radical (unpaired) electrons. The van der Waals surface area contributed by atoms with Gasteiger partial charge in [0.15, 0.2) is 0 Å². The molecule has 5 N–H and O–H groups in total. The zero-order chi connectivity index (χ0) is 14.7. The van der Waals surface area contributed by atoms with Gasteiger partial charge in [-0.05, 0) is 38.0 Å². The van der Waals surface area contributed by atoms with Crippen molar-refractivity contribution in [2.24, 2.45) is 10.9 Å². The van der Waals surface area contributed by atoms with Crippen LogP contribution in [0.4, 0.5) is 0 Å². The summed E-state index contributed by atoms with van der Waals surface area (Å²) in [5.41, 5.74) is 5.63. The molecule has 1 aromatic rings. The Morgan fingerprint density at radius 3 is 2.21 bits per heavy atom. The van der Waals surface area contributed by atoms with Crippen LogP contribution in [0.5, 0.6) is 0 Å². The van der Waals surface area contributed by atoms with Gasteiger partial charge in [-0.25, -0.2) is 13.6 Å². The van der Waals surface area contributed by atoms with Gasteiger partial charge in [0, 0.05) is 6.54 Å². The predicted molar refractivity (Wildman–Crippen MR) is 72.8 cm³/mol. The Balaban J connectivity index is 2.54. The number of rotatable bonds is 5. The number of nitrogens with one attached hydrogen (secondary N) is 1. The first-order valence-corrected chi connectivity index (χ1v) is 7.34. The first kappa shape index (κ1) is 15.6. The predicted octanol–water partition coefficient (Wildman–Crippen LogP) is -0.270. The Labute approximate surface area is 113 Å². The molecule has 0 spiro atoms. The molecule has 7 heteroatoms. The normalized spacial score (nSPS) is 12.2. The largest absolute Gasteiger partial charge is 0.354 e. The lowest BCUT2D eigenvalue weighted by atomic mass is 10.1. The van der Waals surface area contributed by atoms with Crippen LogP contribution in [0.1, 0.15) is 19.4 Å². The minimum atomic E-state index is -3.66. The van der Waals surface area contributed by atoms with E-state index in [1.807, 2.05) is 0 Å². The lowest BCUT2D eigenvalue weighted by Gasteiger charge is -2.17. The van der Waals surface area contributed by atoms with E-state index in [4.69, 9.17) is 10.9 Å². The second-order valence-electron chi connectivity index (χ2n) is 4.92. The number of hydrogen-bond donors (Lipinski definition) is 3. The van der Waals surface area contributed by atoms with E-state index in [-0.39, 0.29) is 10.8 Å². The molecule has 6 nitrogen and oxygen atoms in total. The maximum Gasteiger partial charge on any atom is 0.239 e. The van der Waals surface area contributed by atoms with E-state index in [0.29, 0.717) is 13.0 Å². The van der Waals surface area contributed by atoms with Gasteiger partial charge in [-0.2, -0.15) is 0 Å². The van der Waals surface area contributed by atoms with E-state index in [1.165, 1.54) is 12.1 Å². The first-order valence-electron chi connectivity index (χ1n) is 5.79. The topological polar surface area (TPSA) is 115 Å². The van der Waals surface area contributed by atoms with Gasteiger partial charge in [-0.3, -0.25) is 4.79 Å². The second kappa shape index (κ2) is 5.68. The fourth-order valence-corrected chi connectivity index (χ4v) is 1.91. The van der Waals surface area contributed by atoms with Crippen LogP contribution < -0.4 is 16.2 Å². The van der Waals surface area contributed by atoms with Crippen molar-refractivity contribution in [2.45, 2.75) is 30.7 Å². The SMILES string of the molecule is CC(C)(N)C(=O)NCCc1ccc(S(N)(=O)=O)cc1. The number of benzene rings is 1. The van der Waals surface area contributed by atoms with E-state index in [2.05, 4.69) is 5.32 Å². The van der Waals surface area contributed by atoms with Gasteiger partial charge >= 0.3 is 0 Å². The van der Waals surface area contributed by atoms with Crippen molar-refractivity contribution in [3.05, 3.63) is 29.8 Å². The quantitative estimate of drug-likeness (QED) is 0.690. The maximum absolute atomic E-state index is 11.5. The van der Waals surface area contributed by atoms with Gasteiger partial charge in [0.05, 0.1) is 10.4 Å². The number of primary sulfonamides is 1. The molecule has 0 bridgehead atoms. The summed E-state index contributed by atoms with van der Waals surface area (Å²) in [4.78, 5) is 11.6. The molecule has 1 aromatic carbocycles. The third kappa shape index (κ3) is 4.98. The molecule has 0 aliphatic rings. The molecule has 1 rings (SSSR count). The Bertz CT molecular complexity index is 545. The third-order valence-electron chi connectivity index (χ3n) is 2.54. The van der Waals surface area contributed by atoms with Crippen molar-refractivity contribution >= 4 is 15.9 Å². The molecule has 0 saturated carbocycles. The lowest BCUT2D eigenvalue weighted by molar-refractivity contribution is -0.125. The number of hydrogen-bond acceptors (Lipinski definition) is 4. The molecule has 0 fully saturated rings. The fraction of sp³-hybridized carbons (Fsp3) is 0.417. The van der Waals surface area contributed by atoms with E-state index in [9.17, 15) is 13.2 Å². The van der Waals surface area contributed by atoms with E-state index in [0.717, 1.165) is 5.56 Å². The number of sulfonamides is 1. The van der Waals surface area contributed by atoms with Crippen molar-refractivity contribution in [2.75, 3.05) is 6.54 Å². The average Bonchev–Trinajstić information content (AvgIpc) is 2.27. The van der Waals surface area contributed by atoms with Crippen LogP contribution in [0, 0.1) is 0 Å². The number of carbonyl (C=O) groups is 1. The minimum Gasteiger partial charge on any atom is -0.354 e. The smallest absolute Gasteiger partial charge is 0.239 e. The summed E-state index contributed by atoms with van der Waals surface area (Å²) < 4.78 is 22.1.